The van der Waals surface area contributed by atoms with Gasteiger partial charge in [-0.25, -0.2) is 0 Å². The lowest BCUT2D eigenvalue weighted by atomic mass is 9.97. The topological polar surface area (TPSA) is 57.2 Å². The number of aliphatic hydroxyl groups is 1. The van der Waals surface area contributed by atoms with Gasteiger partial charge in [-0.05, 0) is 41.0 Å². The van der Waals surface area contributed by atoms with E-state index in [4.69, 9.17) is 24.1 Å². The number of methoxy groups -OCH3 is 4. The van der Waals surface area contributed by atoms with Crippen molar-refractivity contribution in [2.24, 2.45) is 0 Å². The number of benzene rings is 2. The lowest BCUT2D eigenvalue weighted by molar-refractivity contribution is 0.324. The van der Waals surface area contributed by atoms with E-state index in [1.807, 2.05) is 30.3 Å². The second kappa shape index (κ2) is 8.84. The van der Waals surface area contributed by atoms with Crippen LogP contribution in [-0.4, -0.2) is 40.2 Å². The molecule has 2 aromatic carbocycles. The minimum Gasteiger partial charge on any atom is -0.495 e. The summed E-state index contributed by atoms with van der Waals surface area (Å²) < 4.78 is 21.5. The van der Waals surface area contributed by atoms with Gasteiger partial charge >= 0.3 is 0 Å². The first-order valence-corrected chi connectivity index (χ1v) is 7.87. The second-order valence-corrected chi connectivity index (χ2v) is 5.27. The molecular formula is C21H22O5. The van der Waals surface area contributed by atoms with Crippen LogP contribution < -0.4 is 18.9 Å². The molecule has 0 atom stereocenters. The molecule has 5 nitrogen and oxygen atoms in total. The average molecular weight is 354 g/mol. The van der Waals surface area contributed by atoms with Crippen LogP contribution in [0.1, 0.15) is 16.7 Å². The molecule has 0 aliphatic rings. The van der Waals surface area contributed by atoms with E-state index < -0.39 is 0 Å². The van der Waals surface area contributed by atoms with Crippen LogP contribution in [0.5, 0.6) is 23.0 Å². The summed E-state index contributed by atoms with van der Waals surface area (Å²) in [6, 6.07) is 9.27. The van der Waals surface area contributed by atoms with Crippen molar-refractivity contribution in [2.45, 2.75) is 0 Å². The molecule has 26 heavy (non-hydrogen) atoms. The Balaban J connectivity index is 2.52. The highest BCUT2D eigenvalue weighted by atomic mass is 16.5. The van der Waals surface area contributed by atoms with Gasteiger partial charge in [0.1, 0.15) is 12.4 Å². The lowest BCUT2D eigenvalue weighted by Gasteiger charge is -2.16. The molecule has 2 aromatic rings. The highest BCUT2D eigenvalue weighted by Gasteiger charge is 2.16. The molecule has 5 heteroatoms. The average Bonchev–Trinajstić information content (AvgIpc) is 2.70. The van der Waals surface area contributed by atoms with Crippen molar-refractivity contribution in [1.82, 2.24) is 0 Å². The summed E-state index contributed by atoms with van der Waals surface area (Å²) in [5.41, 5.74) is 3.12. The molecular weight excluding hydrogens is 332 g/mol. The first kappa shape index (κ1) is 19.2. The normalized spacial score (nSPS) is 9.73. The highest BCUT2D eigenvalue weighted by Crippen LogP contribution is 2.41. The molecule has 0 aliphatic heterocycles. The first-order chi connectivity index (χ1) is 12.6. The van der Waals surface area contributed by atoms with Crippen LogP contribution in [0.4, 0.5) is 0 Å². The minimum atomic E-state index is -0.221. The lowest BCUT2D eigenvalue weighted by Crippen LogP contribution is -1.98. The third-order valence-electron chi connectivity index (χ3n) is 3.86. The molecule has 0 fully saturated rings. The predicted octanol–water partition coefficient (Wildman–Crippen LogP) is 3.13. The molecule has 0 saturated heterocycles. The van der Waals surface area contributed by atoms with Gasteiger partial charge in [-0.3, -0.25) is 0 Å². The molecule has 2 rings (SSSR count). The molecule has 136 valence electrons. The third-order valence-corrected chi connectivity index (χ3v) is 3.86. The molecule has 0 radical (unpaired) electrons. The first-order valence-electron chi connectivity index (χ1n) is 7.87. The summed E-state index contributed by atoms with van der Waals surface area (Å²) in [6.45, 7) is 3.97. The van der Waals surface area contributed by atoms with Crippen molar-refractivity contribution in [3.8, 4) is 34.8 Å². The zero-order valence-corrected chi connectivity index (χ0v) is 15.4. The zero-order valence-electron chi connectivity index (χ0n) is 15.4. The van der Waals surface area contributed by atoms with E-state index >= 15 is 0 Å². The van der Waals surface area contributed by atoms with Crippen molar-refractivity contribution in [1.29, 1.82) is 0 Å². The Bertz CT molecular complexity index is 833. The van der Waals surface area contributed by atoms with Crippen LogP contribution in [0, 0.1) is 11.8 Å². The molecule has 0 aromatic heterocycles. The van der Waals surface area contributed by atoms with Gasteiger partial charge in [0.15, 0.2) is 11.5 Å². The van der Waals surface area contributed by atoms with Gasteiger partial charge in [0.2, 0.25) is 5.75 Å². The monoisotopic (exact) mass is 354 g/mol. The van der Waals surface area contributed by atoms with E-state index in [9.17, 15) is 0 Å². The quantitative estimate of drug-likeness (QED) is 0.808. The summed E-state index contributed by atoms with van der Waals surface area (Å²) >= 11 is 0. The fourth-order valence-electron chi connectivity index (χ4n) is 2.55. The van der Waals surface area contributed by atoms with Crippen LogP contribution in [0.25, 0.3) is 5.57 Å². The van der Waals surface area contributed by atoms with Gasteiger partial charge in [0.05, 0.1) is 34.0 Å². The van der Waals surface area contributed by atoms with E-state index in [1.165, 1.54) is 0 Å². The van der Waals surface area contributed by atoms with E-state index in [0.717, 1.165) is 16.7 Å². The van der Waals surface area contributed by atoms with Crippen molar-refractivity contribution >= 4 is 5.57 Å². The Morgan fingerprint density at radius 1 is 0.885 bits per heavy atom. The van der Waals surface area contributed by atoms with Gasteiger partial charge in [-0.1, -0.05) is 24.5 Å². The van der Waals surface area contributed by atoms with Crippen molar-refractivity contribution in [2.75, 3.05) is 35.0 Å². The van der Waals surface area contributed by atoms with E-state index in [2.05, 4.69) is 18.4 Å². The SMILES string of the molecule is C=C(c1ccc(OC)c(C#CCO)c1)c1cc(OC)c(OC)c(OC)c1. The Kier molecular flexibility index (Phi) is 6.54. The molecule has 0 bridgehead atoms. The minimum absolute atomic E-state index is 0.221. The van der Waals surface area contributed by atoms with E-state index in [0.29, 0.717) is 28.6 Å². The summed E-state index contributed by atoms with van der Waals surface area (Å²) in [5, 5.41) is 8.94. The van der Waals surface area contributed by atoms with Crippen LogP contribution in [0.3, 0.4) is 0 Å². The fourth-order valence-corrected chi connectivity index (χ4v) is 2.55. The van der Waals surface area contributed by atoms with Crippen LogP contribution in [0.2, 0.25) is 0 Å². The maximum absolute atomic E-state index is 8.94. The second-order valence-electron chi connectivity index (χ2n) is 5.27. The molecule has 1 N–H and O–H groups in total. The molecule has 0 saturated carbocycles. The smallest absolute Gasteiger partial charge is 0.203 e. The highest BCUT2D eigenvalue weighted by molar-refractivity contribution is 5.81. The summed E-state index contributed by atoms with van der Waals surface area (Å²) in [4.78, 5) is 0. The molecule has 0 amide bonds. The zero-order chi connectivity index (χ0) is 19.1. The number of aliphatic hydroxyl groups excluding tert-OH is 1. The summed E-state index contributed by atoms with van der Waals surface area (Å²) in [5.74, 6) is 7.79. The number of hydrogen-bond donors (Lipinski definition) is 1. The van der Waals surface area contributed by atoms with Crippen molar-refractivity contribution in [3.63, 3.8) is 0 Å². The summed E-state index contributed by atoms with van der Waals surface area (Å²) in [6.07, 6.45) is 0. The molecule has 0 unspecified atom stereocenters. The van der Waals surface area contributed by atoms with E-state index in [1.54, 1.807) is 28.4 Å². The van der Waals surface area contributed by atoms with E-state index in [-0.39, 0.29) is 6.61 Å². The fraction of sp³-hybridized carbons (Fsp3) is 0.238. The van der Waals surface area contributed by atoms with Gasteiger partial charge in [0, 0.05) is 0 Å². The van der Waals surface area contributed by atoms with Crippen molar-refractivity contribution in [3.05, 3.63) is 53.6 Å². The van der Waals surface area contributed by atoms with Gasteiger partial charge in [-0.2, -0.15) is 0 Å². The largest absolute Gasteiger partial charge is 0.495 e. The molecule has 0 aliphatic carbocycles. The molecule has 0 heterocycles. The number of hydrogen-bond acceptors (Lipinski definition) is 5. The Morgan fingerprint density at radius 3 is 2.00 bits per heavy atom. The third kappa shape index (κ3) is 3.93. The van der Waals surface area contributed by atoms with Crippen LogP contribution >= 0.6 is 0 Å². The van der Waals surface area contributed by atoms with Gasteiger partial charge in [0.25, 0.3) is 0 Å². The Labute approximate surface area is 153 Å². The maximum atomic E-state index is 8.94. The van der Waals surface area contributed by atoms with Crippen LogP contribution in [-0.2, 0) is 0 Å². The Hall–Kier alpha value is -3.10. The number of ether oxygens (including phenoxy) is 4. The van der Waals surface area contributed by atoms with Crippen molar-refractivity contribution < 1.29 is 24.1 Å². The summed E-state index contributed by atoms with van der Waals surface area (Å²) in [7, 11) is 6.28. The standard InChI is InChI=1S/C21H22O5/c1-14(15-8-9-18(23-2)16(11-15)7-6-10-22)17-12-19(24-3)21(26-5)20(13-17)25-4/h8-9,11-13,22H,1,10H2,2-5H3. The maximum Gasteiger partial charge on any atom is 0.203 e. The number of rotatable bonds is 6. The van der Waals surface area contributed by atoms with Gasteiger partial charge < -0.3 is 24.1 Å². The van der Waals surface area contributed by atoms with Crippen LogP contribution in [0.15, 0.2) is 36.9 Å². The van der Waals surface area contributed by atoms with Gasteiger partial charge in [-0.15, -0.1) is 0 Å². The molecule has 0 spiro atoms. The predicted molar refractivity (Wildman–Crippen MR) is 101 cm³/mol. The Morgan fingerprint density at radius 2 is 1.50 bits per heavy atom.